The van der Waals surface area contributed by atoms with Crippen molar-refractivity contribution >= 4 is 5.82 Å². The van der Waals surface area contributed by atoms with E-state index in [1.165, 1.54) is 12.4 Å². The van der Waals surface area contributed by atoms with E-state index in [0.717, 1.165) is 11.3 Å². The molecule has 0 aliphatic rings. The normalized spacial score (nSPS) is 9.94. The Bertz CT molecular complexity index is 551. The molecule has 17 heavy (non-hydrogen) atoms. The Morgan fingerprint density at radius 2 is 2.24 bits per heavy atom. The summed E-state index contributed by atoms with van der Waals surface area (Å²) in [4.78, 5) is 17.9. The lowest BCUT2D eigenvalue weighted by Crippen LogP contribution is -2.15. The van der Waals surface area contributed by atoms with Gasteiger partial charge in [0, 0.05) is 24.5 Å². The smallest absolute Gasteiger partial charge is 0.290 e. The SMILES string of the molecule is COc1ccccc1CNc1ncc[nH]c1=O. The van der Waals surface area contributed by atoms with Gasteiger partial charge in [0.25, 0.3) is 5.56 Å². The van der Waals surface area contributed by atoms with Gasteiger partial charge in [-0.15, -0.1) is 0 Å². The number of rotatable bonds is 4. The van der Waals surface area contributed by atoms with Crippen molar-refractivity contribution in [3.8, 4) is 5.75 Å². The number of anilines is 1. The van der Waals surface area contributed by atoms with Crippen molar-refractivity contribution in [1.29, 1.82) is 0 Å². The Hall–Kier alpha value is -2.30. The molecule has 1 aromatic carbocycles. The van der Waals surface area contributed by atoms with Gasteiger partial charge in [-0.3, -0.25) is 4.79 Å². The van der Waals surface area contributed by atoms with Crippen molar-refractivity contribution < 1.29 is 4.74 Å². The van der Waals surface area contributed by atoms with Gasteiger partial charge in [0.2, 0.25) is 0 Å². The second kappa shape index (κ2) is 5.16. The zero-order chi connectivity index (χ0) is 12.1. The van der Waals surface area contributed by atoms with Gasteiger partial charge in [0.1, 0.15) is 5.75 Å². The van der Waals surface area contributed by atoms with Gasteiger partial charge in [-0.2, -0.15) is 0 Å². The molecule has 0 aliphatic carbocycles. The van der Waals surface area contributed by atoms with E-state index in [0.29, 0.717) is 12.4 Å². The minimum Gasteiger partial charge on any atom is -0.496 e. The monoisotopic (exact) mass is 231 g/mol. The number of H-pyrrole nitrogens is 1. The van der Waals surface area contributed by atoms with Crippen LogP contribution in [0.2, 0.25) is 0 Å². The van der Waals surface area contributed by atoms with Crippen LogP contribution in [0.3, 0.4) is 0 Å². The van der Waals surface area contributed by atoms with Gasteiger partial charge in [-0.1, -0.05) is 18.2 Å². The number of hydrogen-bond donors (Lipinski definition) is 2. The molecular formula is C12H13N3O2. The molecular weight excluding hydrogens is 218 g/mol. The van der Waals surface area contributed by atoms with Crippen molar-refractivity contribution in [2.75, 3.05) is 12.4 Å². The molecule has 1 heterocycles. The fourth-order valence-corrected chi connectivity index (χ4v) is 1.51. The zero-order valence-corrected chi connectivity index (χ0v) is 9.43. The summed E-state index contributed by atoms with van der Waals surface area (Å²) in [6.45, 7) is 0.490. The molecule has 0 atom stereocenters. The number of nitrogens with zero attached hydrogens (tertiary/aromatic N) is 1. The topological polar surface area (TPSA) is 67.0 Å². The summed E-state index contributed by atoms with van der Waals surface area (Å²) in [5.74, 6) is 1.09. The summed E-state index contributed by atoms with van der Waals surface area (Å²) < 4.78 is 5.22. The lowest BCUT2D eigenvalue weighted by atomic mass is 10.2. The number of benzene rings is 1. The Morgan fingerprint density at radius 1 is 1.41 bits per heavy atom. The minimum absolute atomic E-state index is 0.234. The molecule has 2 rings (SSSR count). The van der Waals surface area contributed by atoms with E-state index in [2.05, 4.69) is 15.3 Å². The van der Waals surface area contributed by atoms with Crippen LogP contribution in [0.15, 0.2) is 41.5 Å². The Balaban J connectivity index is 2.13. The van der Waals surface area contributed by atoms with E-state index >= 15 is 0 Å². The minimum atomic E-state index is -0.234. The van der Waals surface area contributed by atoms with Gasteiger partial charge in [0.05, 0.1) is 7.11 Å². The quantitative estimate of drug-likeness (QED) is 0.834. The van der Waals surface area contributed by atoms with Crippen LogP contribution in [-0.2, 0) is 6.54 Å². The second-order valence-corrected chi connectivity index (χ2v) is 3.43. The van der Waals surface area contributed by atoms with Crippen molar-refractivity contribution in [2.45, 2.75) is 6.54 Å². The van der Waals surface area contributed by atoms with Crippen LogP contribution in [-0.4, -0.2) is 17.1 Å². The summed E-state index contributed by atoms with van der Waals surface area (Å²) in [6, 6.07) is 7.63. The first kappa shape index (κ1) is 11.2. The number of nitrogens with one attached hydrogen (secondary N) is 2. The van der Waals surface area contributed by atoms with Crippen LogP contribution >= 0.6 is 0 Å². The highest BCUT2D eigenvalue weighted by atomic mass is 16.5. The molecule has 0 spiro atoms. The standard InChI is InChI=1S/C12H13N3O2/c1-17-10-5-3-2-4-9(10)8-15-11-12(16)14-7-6-13-11/h2-7H,8H2,1H3,(H,13,15)(H,14,16). The molecule has 0 unspecified atom stereocenters. The van der Waals surface area contributed by atoms with E-state index < -0.39 is 0 Å². The Kier molecular flexibility index (Phi) is 3.40. The fourth-order valence-electron chi connectivity index (χ4n) is 1.51. The van der Waals surface area contributed by atoms with Crippen LogP contribution < -0.4 is 15.6 Å². The summed E-state index contributed by atoms with van der Waals surface area (Å²) in [6.07, 6.45) is 3.03. The van der Waals surface area contributed by atoms with E-state index in [4.69, 9.17) is 4.74 Å². The first-order chi connectivity index (χ1) is 8.31. The molecule has 0 aliphatic heterocycles. The van der Waals surface area contributed by atoms with Crippen LogP contribution in [0.25, 0.3) is 0 Å². The van der Waals surface area contributed by atoms with E-state index in [9.17, 15) is 4.79 Å². The lowest BCUT2D eigenvalue weighted by Gasteiger charge is -2.08. The number of aromatic nitrogens is 2. The van der Waals surface area contributed by atoms with Gasteiger partial charge in [0.15, 0.2) is 5.82 Å². The van der Waals surface area contributed by atoms with Gasteiger partial charge >= 0.3 is 0 Å². The first-order valence-electron chi connectivity index (χ1n) is 5.20. The predicted molar refractivity (Wildman–Crippen MR) is 65.2 cm³/mol. The third-order valence-corrected chi connectivity index (χ3v) is 2.35. The number of aromatic amines is 1. The number of methoxy groups -OCH3 is 1. The maximum Gasteiger partial charge on any atom is 0.290 e. The highest BCUT2D eigenvalue weighted by Crippen LogP contribution is 2.17. The van der Waals surface area contributed by atoms with E-state index in [1.54, 1.807) is 7.11 Å². The molecule has 1 aromatic heterocycles. The molecule has 5 heteroatoms. The van der Waals surface area contributed by atoms with Crippen LogP contribution in [0.1, 0.15) is 5.56 Å². The van der Waals surface area contributed by atoms with Crippen molar-refractivity contribution in [3.63, 3.8) is 0 Å². The zero-order valence-electron chi connectivity index (χ0n) is 9.43. The second-order valence-electron chi connectivity index (χ2n) is 3.43. The van der Waals surface area contributed by atoms with E-state index in [1.807, 2.05) is 24.3 Å². The highest BCUT2D eigenvalue weighted by Gasteiger charge is 2.03. The third-order valence-electron chi connectivity index (χ3n) is 2.35. The fraction of sp³-hybridized carbons (Fsp3) is 0.167. The Labute approximate surface area is 98.5 Å². The molecule has 2 N–H and O–H groups in total. The Morgan fingerprint density at radius 3 is 3.00 bits per heavy atom. The van der Waals surface area contributed by atoms with Crippen LogP contribution in [0.5, 0.6) is 5.75 Å². The van der Waals surface area contributed by atoms with Gasteiger partial charge in [-0.05, 0) is 6.07 Å². The first-order valence-corrected chi connectivity index (χ1v) is 5.20. The van der Waals surface area contributed by atoms with Crippen molar-refractivity contribution in [3.05, 3.63) is 52.6 Å². The summed E-state index contributed by atoms with van der Waals surface area (Å²) in [5.41, 5.74) is 0.738. The predicted octanol–water partition coefficient (Wildman–Crippen LogP) is 1.39. The number of ether oxygens (including phenoxy) is 1. The van der Waals surface area contributed by atoms with Gasteiger partial charge in [-0.25, -0.2) is 4.98 Å². The van der Waals surface area contributed by atoms with Crippen molar-refractivity contribution in [2.24, 2.45) is 0 Å². The molecule has 2 aromatic rings. The number of hydrogen-bond acceptors (Lipinski definition) is 4. The third kappa shape index (κ3) is 2.63. The average molecular weight is 231 g/mol. The van der Waals surface area contributed by atoms with Crippen LogP contribution in [0.4, 0.5) is 5.82 Å². The summed E-state index contributed by atoms with van der Waals surface area (Å²) >= 11 is 0. The maximum absolute atomic E-state index is 11.4. The molecule has 0 fully saturated rings. The molecule has 0 radical (unpaired) electrons. The lowest BCUT2D eigenvalue weighted by molar-refractivity contribution is 0.410. The number of para-hydroxylation sites is 1. The summed E-state index contributed by atoms with van der Waals surface area (Å²) in [5, 5.41) is 2.97. The highest BCUT2D eigenvalue weighted by molar-refractivity contribution is 5.38. The molecule has 5 nitrogen and oxygen atoms in total. The molecule has 0 amide bonds. The van der Waals surface area contributed by atoms with E-state index in [-0.39, 0.29) is 5.56 Å². The molecule has 0 bridgehead atoms. The molecule has 88 valence electrons. The largest absolute Gasteiger partial charge is 0.496 e. The maximum atomic E-state index is 11.4. The van der Waals surface area contributed by atoms with Gasteiger partial charge < -0.3 is 15.0 Å². The van der Waals surface area contributed by atoms with Crippen molar-refractivity contribution in [1.82, 2.24) is 9.97 Å². The molecule has 0 saturated carbocycles. The average Bonchev–Trinajstić information content (AvgIpc) is 2.38. The van der Waals surface area contributed by atoms with Crippen LogP contribution in [0, 0.1) is 0 Å². The summed E-state index contributed by atoms with van der Waals surface area (Å²) in [7, 11) is 1.62. The molecule has 0 saturated heterocycles.